The third-order valence-electron chi connectivity index (χ3n) is 2.83. The van der Waals surface area contributed by atoms with Crippen LogP contribution in [0.25, 0.3) is 0 Å². The van der Waals surface area contributed by atoms with Gasteiger partial charge in [0.1, 0.15) is 11.6 Å². The van der Waals surface area contributed by atoms with Gasteiger partial charge in [-0.3, -0.25) is 0 Å². The van der Waals surface area contributed by atoms with E-state index in [1.807, 2.05) is 5.38 Å². The summed E-state index contributed by atoms with van der Waals surface area (Å²) in [4.78, 5) is 16.4. The molecule has 0 radical (unpaired) electrons. The van der Waals surface area contributed by atoms with Gasteiger partial charge in [-0.25, -0.2) is 9.78 Å². The molecule has 0 aliphatic rings. The zero-order valence-electron chi connectivity index (χ0n) is 11.8. The first kappa shape index (κ1) is 14.5. The second-order valence-corrected chi connectivity index (χ2v) is 6.48. The quantitative estimate of drug-likeness (QED) is 0.695. The van der Waals surface area contributed by atoms with Crippen molar-refractivity contribution in [3.05, 3.63) is 45.9 Å². The molecule has 0 unspecified atom stereocenters. The van der Waals surface area contributed by atoms with Crippen LogP contribution < -0.4 is 5.73 Å². The van der Waals surface area contributed by atoms with Crippen LogP contribution in [0.4, 0.5) is 5.69 Å². The van der Waals surface area contributed by atoms with Crippen LogP contribution in [-0.2, 0) is 16.8 Å². The topological polar surface area (TPSA) is 65.2 Å². The predicted molar refractivity (Wildman–Crippen MR) is 80.8 cm³/mol. The first-order chi connectivity index (χ1) is 9.38. The monoisotopic (exact) mass is 290 g/mol. The molecule has 1 aromatic carbocycles. The van der Waals surface area contributed by atoms with Gasteiger partial charge >= 0.3 is 5.97 Å². The van der Waals surface area contributed by atoms with E-state index in [2.05, 4.69) is 25.8 Å². The Morgan fingerprint density at radius 3 is 2.65 bits per heavy atom. The van der Waals surface area contributed by atoms with Crippen LogP contribution in [0.3, 0.4) is 0 Å². The Bertz CT molecular complexity index is 614. The lowest BCUT2D eigenvalue weighted by Crippen LogP contribution is -2.12. The van der Waals surface area contributed by atoms with E-state index in [1.165, 1.54) is 11.3 Å². The van der Waals surface area contributed by atoms with Crippen LogP contribution in [0.15, 0.2) is 29.6 Å². The average molecular weight is 290 g/mol. The molecular weight excluding hydrogens is 272 g/mol. The van der Waals surface area contributed by atoms with Gasteiger partial charge < -0.3 is 10.5 Å². The molecule has 0 amide bonds. The van der Waals surface area contributed by atoms with E-state index in [4.69, 9.17) is 10.5 Å². The van der Waals surface area contributed by atoms with Crippen molar-refractivity contribution in [3.63, 3.8) is 0 Å². The van der Waals surface area contributed by atoms with Crippen LogP contribution in [0, 0.1) is 0 Å². The SMILES string of the molecule is CC(C)(C)c1csc(COC(=O)c2ccccc2N)n1. The predicted octanol–water partition coefficient (Wildman–Crippen LogP) is 3.38. The van der Waals surface area contributed by atoms with Gasteiger partial charge in [-0.05, 0) is 12.1 Å². The molecule has 20 heavy (non-hydrogen) atoms. The highest BCUT2D eigenvalue weighted by molar-refractivity contribution is 7.09. The minimum Gasteiger partial charge on any atom is -0.455 e. The number of nitrogen functional groups attached to an aromatic ring is 1. The summed E-state index contributed by atoms with van der Waals surface area (Å²) in [7, 11) is 0. The fourth-order valence-corrected chi connectivity index (χ4v) is 2.54. The standard InChI is InChI=1S/C15H18N2O2S/c1-15(2,3)12-9-20-13(17-12)8-19-14(18)10-6-4-5-7-11(10)16/h4-7,9H,8,16H2,1-3H3. The van der Waals surface area contributed by atoms with E-state index >= 15 is 0 Å². The van der Waals surface area contributed by atoms with Crippen molar-refractivity contribution < 1.29 is 9.53 Å². The van der Waals surface area contributed by atoms with Crippen molar-refractivity contribution in [2.75, 3.05) is 5.73 Å². The summed E-state index contributed by atoms with van der Waals surface area (Å²) in [6.07, 6.45) is 0. The van der Waals surface area contributed by atoms with Crippen LogP contribution >= 0.6 is 11.3 Å². The first-order valence-corrected chi connectivity index (χ1v) is 7.22. The highest BCUT2D eigenvalue weighted by atomic mass is 32.1. The van der Waals surface area contributed by atoms with E-state index in [0.29, 0.717) is 11.3 Å². The number of esters is 1. The summed E-state index contributed by atoms with van der Waals surface area (Å²) in [5, 5.41) is 2.79. The van der Waals surface area contributed by atoms with Crippen LogP contribution in [0.2, 0.25) is 0 Å². The molecule has 0 bridgehead atoms. The minimum atomic E-state index is -0.421. The maximum atomic E-state index is 11.9. The second kappa shape index (κ2) is 5.63. The normalized spacial score (nSPS) is 11.3. The highest BCUT2D eigenvalue weighted by Gasteiger charge is 2.18. The molecule has 0 aliphatic carbocycles. The van der Waals surface area contributed by atoms with Gasteiger partial charge in [0.25, 0.3) is 0 Å². The fraction of sp³-hybridized carbons (Fsp3) is 0.333. The van der Waals surface area contributed by atoms with Crippen LogP contribution in [-0.4, -0.2) is 11.0 Å². The number of carbonyl (C=O) groups excluding carboxylic acids is 1. The number of anilines is 1. The minimum absolute atomic E-state index is 0.00260. The number of hydrogen-bond donors (Lipinski definition) is 1. The Hall–Kier alpha value is -1.88. The van der Waals surface area contributed by atoms with Crippen LogP contribution in [0.5, 0.6) is 0 Å². The van der Waals surface area contributed by atoms with E-state index in [-0.39, 0.29) is 12.0 Å². The lowest BCUT2D eigenvalue weighted by Gasteiger charge is -2.14. The molecule has 4 nitrogen and oxygen atoms in total. The maximum Gasteiger partial charge on any atom is 0.340 e. The average Bonchev–Trinajstić information content (AvgIpc) is 2.85. The molecule has 2 rings (SSSR count). The second-order valence-electron chi connectivity index (χ2n) is 5.54. The molecule has 0 aliphatic heterocycles. The number of rotatable bonds is 3. The van der Waals surface area contributed by atoms with Gasteiger partial charge in [0.05, 0.1) is 11.3 Å². The molecule has 2 N–H and O–H groups in total. The van der Waals surface area contributed by atoms with Crippen molar-refractivity contribution in [2.45, 2.75) is 32.8 Å². The largest absolute Gasteiger partial charge is 0.455 e. The molecule has 0 saturated heterocycles. The van der Waals surface area contributed by atoms with Crippen molar-refractivity contribution >= 4 is 23.0 Å². The Kier molecular flexibility index (Phi) is 4.09. The summed E-state index contributed by atoms with van der Waals surface area (Å²) in [5.74, 6) is -0.421. The molecule has 1 heterocycles. The Morgan fingerprint density at radius 1 is 1.35 bits per heavy atom. The molecule has 1 aromatic heterocycles. The molecular formula is C15H18N2O2S. The Balaban J connectivity index is 2.01. The number of carbonyl (C=O) groups is 1. The van der Waals surface area contributed by atoms with Gasteiger partial charge in [-0.15, -0.1) is 11.3 Å². The molecule has 2 aromatic rings. The van der Waals surface area contributed by atoms with E-state index in [9.17, 15) is 4.79 Å². The molecule has 5 heteroatoms. The number of nitrogens with two attached hydrogens (primary N) is 1. The number of nitrogens with zero attached hydrogens (tertiary/aromatic N) is 1. The molecule has 0 fully saturated rings. The fourth-order valence-electron chi connectivity index (χ4n) is 1.61. The van der Waals surface area contributed by atoms with Crippen molar-refractivity contribution in [2.24, 2.45) is 0 Å². The Labute approximate surface area is 122 Å². The summed E-state index contributed by atoms with van der Waals surface area (Å²) >= 11 is 1.50. The number of aromatic nitrogens is 1. The summed E-state index contributed by atoms with van der Waals surface area (Å²) < 4.78 is 5.25. The number of benzene rings is 1. The van der Waals surface area contributed by atoms with Gasteiger partial charge in [-0.2, -0.15) is 0 Å². The smallest absolute Gasteiger partial charge is 0.340 e. The third-order valence-corrected chi connectivity index (χ3v) is 3.65. The number of hydrogen-bond acceptors (Lipinski definition) is 5. The highest BCUT2D eigenvalue weighted by Crippen LogP contribution is 2.24. The summed E-state index contributed by atoms with van der Waals surface area (Å²) in [5.41, 5.74) is 7.56. The lowest BCUT2D eigenvalue weighted by molar-refractivity contribution is 0.0473. The van der Waals surface area contributed by atoms with Gasteiger partial charge in [-0.1, -0.05) is 32.9 Å². The van der Waals surface area contributed by atoms with E-state index < -0.39 is 5.97 Å². The van der Waals surface area contributed by atoms with E-state index in [1.54, 1.807) is 24.3 Å². The first-order valence-electron chi connectivity index (χ1n) is 6.34. The number of thiazole rings is 1. The summed E-state index contributed by atoms with van der Waals surface area (Å²) in [6.45, 7) is 6.47. The Morgan fingerprint density at radius 2 is 2.05 bits per heavy atom. The van der Waals surface area contributed by atoms with Gasteiger partial charge in [0.15, 0.2) is 0 Å². The molecule has 0 saturated carbocycles. The van der Waals surface area contributed by atoms with Gasteiger partial charge in [0, 0.05) is 16.5 Å². The third kappa shape index (κ3) is 3.36. The maximum absolute atomic E-state index is 11.9. The van der Waals surface area contributed by atoms with E-state index in [0.717, 1.165) is 10.7 Å². The van der Waals surface area contributed by atoms with Crippen LogP contribution in [0.1, 0.15) is 41.8 Å². The zero-order chi connectivity index (χ0) is 14.8. The molecule has 0 spiro atoms. The number of para-hydroxylation sites is 1. The number of ether oxygens (including phenoxy) is 1. The zero-order valence-corrected chi connectivity index (χ0v) is 12.7. The summed E-state index contributed by atoms with van der Waals surface area (Å²) in [6, 6.07) is 6.87. The van der Waals surface area contributed by atoms with Crippen molar-refractivity contribution in [3.8, 4) is 0 Å². The van der Waals surface area contributed by atoms with Crippen molar-refractivity contribution in [1.82, 2.24) is 4.98 Å². The van der Waals surface area contributed by atoms with Crippen molar-refractivity contribution in [1.29, 1.82) is 0 Å². The molecule has 106 valence electrons. The van der Waals surface area contributed by atoms with Gasteiger partial charge in [0.2, 0.25) is 0 Å². The molecule has 0 atom stereocenters. The lowest BCUT2D eigenvalue weighted by atomic mass is 9.93.